The molecular weight excluding hydrogens is 282 g/mol. The molecule has 0 bridgehead atoms. The lowest BCUT2D eigenvalue weighted by atomic mass is 10.1. The number of amides is 1. The third kappa shape index (κ3) is 1.92. The van der Waals surface area contributed by atoms with E-state index in [1.165, 1.54) is 6.20 Å². The van der Waals surface area contributed by atoms with Gasteiger partial charge >= 0.3 is 0 Å². The van der Waals surface area contributed by atoms with Gasteiger partial charge in [0, 0.05) is 31.7 Å². The van der Waals surface area contributed by atoms with Crippen LogP contribution in [0.4, 0.5) is 5.82 Å². The fraction of sp³-hybridized carbons (Fsp3) is 0.286. The van der Waals surface area contributed by atoms with Crippen LogP contribution in [0.25, 0.3) is 5.52 Å². The number of hydrogen-bond acceptors (Lipinski definition) is 5. The Balaban J connectivity index is 1.55. The van der Waals surface area contributed by atoms with E-state index < -0.39 is 5.91 Å². The van der Waals surface area contributed by atoms with Gasteiger partial charge in [-0.05, 0) is 13.0 Å². The largest absolute Gasteiger partial charge is 0.366 e. The molecule has 0 spiro atoms. The quantitative estimate of drug-likeness (QED) is 0.755. The van der Waals surface area contributed by atoms with E-state index in [2.05, 4.69) is 20.1 Å². The minimum Gasteiger partial charge on any atom is -0.366 e. The Morgan fingerprint density at radius 1 is 1.41 bits per heavy atom. The first-order valence-electron chi connectivity index (χ1n) is 7.02. The van der Waals surface area contributed by atoms with Crippen molar-refractivity contribution in [2.24, 2.45) is 5.73 Å². The Hall–Kier alpha value is -2.90. The molecule has 8 nitrogen and oxygen atoms in total. The number of nitrogens with two attached hydrogens (primary N) is 1. The fourth-order valence-corrected chi connectivity index (χ4v) is 2.73. The number of aryl methyl sites for hydroxylation is 1. The van der Waals surface area contributed by atoms with Crippen molar-refractivity contribution in [2.75, 3.05) is 18.0 Å². The van der Waals surface area contributed by atoms with Gasteiger partial charge in [0.1, 0.15) is 5.52 Å². The maximum atomic E-state index is 11.1. The molecule has 0 radical (unpaired) electrons. The summed E-state index contributed by atoms with van der Waals surface area (Å²) >= 11 is 0. The average Bonchev–Trinajstić information content (AvgIpc) is 3.03. The van der Waals surface area contributed by atoms with E-state index in [1.54, 1.807) is 17.1 Å². The Morgan fingerprint density at radius 2 is 2.23 bits per heavy atom. The van der Waals surface area contributed by atoms with E-state index in [9.17, 15) is 4.79 Å². The number of aromatic nitrogens is 5. The van der Waals surface area contributed by atoms with Gasteiger partial charge in [-0.25, -0.2) is 9.50 Å². The number of fused-ring (bicyclic) bond motifs is 1. The molecule has 0 aliphatic carbocycles. The average molecular weight is 297 g/mol. The summed E-state index contributed by atoms with van der Waals surface area (Å²) in [4.78, 5) is 17.8. The van der Waals surface area contributed by atoms with E-state index in [0.29, 0.717) is 5.56 Å². The third-order valence-electron chi connectivity index (χ3n) is 3.91. The predicted octanol–water partition coefficient (Wildman–Crippen LogP) is 0.394. The van der Waals surface area contributed by atoms with Crippen molar-refractivity contribution in [2.45, 2.75) is 13.0 Å². The highest BCUT2D eigenvalue weighted by molar-refractivity contribution is 5.92. The molecule has 112 valence electrons. The standard InChI is InChI=1S/C14H15N7O/c1-9-4-12-14(16-2-3-20(12)18-9)19-7-11(8-19)21-6-10(5-17-21)13(15)22/h2-6,11H,7-8H2,1H3,(H2,15,22). The number of carbonyl (C=O) groups excluding carboxylic acids is 1. The van der Waals surface area contributed by atoms with Crippen molar-refractivity contribution in [1.29, 1.82) is 0 Å². The highest BCUT2D eigenvalue weighted by Gasteiger charge is 2.31. The molecule has 1 aliphatic heterocycles. The topological polar surface area (TPSA) is 94.3 Å². The molecule has 1 fully saturated rings. The number of primary amides is 1. The van der Waals surface area contributed by atoms with Gasteiger partial charge in [0.2, 0.25) is 0 Å². The van der Waals surface area contributed by atoms with Gasteiger partial charge in [0.25, 0.3) is 5.91 Å². The lowest BCUT2D eigenvalue weighted by Crippen LogP contribution is -2.48. The number of rotatable bonds is 3. The second-order valence-electron chi connectivity index (χ2n) is 5.50. The van der Waals surface area contributed by atoms with Gasteiger partial charge < -0.3 is 10.6 Å². The van der Waals surface area contributed by atoms with Crippen LogP contribution in [0.1, 0.15) is 22.1 Å². The first-order valence-corrected chi connectivity index (χ1v) is 7.02. The molecule has 22 heavy (non-hydrogen) atoms. The summed E-state index contributed by atoms with van der Waals surface area (Å²) in [6.07, 6.45) is 6.79. The number of hydrogen-bond donors (Lipinski definition) is 1. The SMILES string of the molecule is Cc1cc2c(N3CC(n4cc(C(N)=O)cn4)C3)nccn2n1. The first-order chi connectivity index (χ1) is 10.6. The lowest BCUT2D eigenvalue weighted by molar-refractivity contribution is 0.1000. The van der Waals surface area contributed by atoms with E-state index in [-0.39, 0.29) is 6.04 Å². The predicted molar refractivity (Wildman–Crippen MR) is 79.7 cm³/mol. The summed E-state index contributed by atoms with van der Waals surface area (Å²) in [6, 6.07) is 2.24. The van der Waals surface area contributed by atoms with E-state index >= 15 is 0 Å². The lowest BCUT2D eigenvalue weighted by Gasteiger charge is -2.40. The van der Waals surface area contributed by atoms with E-state index in [0.717, 1.165) is 30.1 Å². The molecule has 2 N–H and O–H groups in total. The zero-order chi connectivity index (χ0) is 15.3. The zero-order valence-electron chi connectivity index (χ0n) is 12.0. The fourth-order valence-electron chi connectivity index (χ4n) is 2.73. The van der Waals surface area contributed by atoms with E-state index in [4.69, 9.17) is 5.73 Å². The normalized spacial score (nSPS) is 15.2. The van der Waals surface area contributed by atoms with Crippen molar-refractivity contribution in [1.82, 2.24) is 24.4 Å². The van der Waals surface area contributed by atoms with Gasteiger partial charge in [-0.2, -0.15) is 10.2 Å². The Bertz CT molecular complexity index is 859. The molecule has 1 aliphatic rings. The maximum absolute atomic E-state index is 11.1. The maximum Gasteiger partial charge on any atom is 0.251 e. The van der Waals surface area contributed by atoms with Crippen LogP contribution in [0.2, 0.25) is 0 Å². The molecule has 0 saturated carbocycles. The van der Waals surface area contributed by atoms with Gasteiger partial charge in [0.15, 0.2) is 5.82 Å². The van der Waals surface area contributed by atoms with Crippen LogP contribution in [-0.4, -0.2) is 43.4 Å². The molecular formula is C14H15N7O. The van der Waals surface area contributed by atoms with Gasteiger partial charge in [0.05, 0.1) is 23.5 Å². The number of anilines is 1. The Morgan fingerprint density at radius 3 is 2.95 bits per heavy atom. The van der Waals surface area contributed by atoms with Crippen molar-refractivity contribution in [3.63, 3.8) is 0 Å². The molecule has 8 heteroatoms. The molecule has 0 atom stereocenters. The summed E-state index contributed by atoms with van der Waals surface area (Å²) in [5, 5.41) is 8.60. The molecule has 4 heterocycles. The molecule has 0 aromatic carbocycles. The minimum atomic E-state index is -0.455. The summed E-state index contributed by atoms with van der Waals surface area (Å²) in [7, 11) is 0. The molecule has 0 unspecified atom stereocenters. The molecule has 1 amide bonds. The Labute approximate surface area is 126 Å². The van der Waals surface area contributed by atoms with Crippen molar-refractivity contribution >= 4 is 17.2 Å². The van der Waals surface area contributed by atoms with Crippen LogP contribution in [0.15, 0.2) is 30.9 Å². The molecule has 3 aromatic rings. The van der Waals surface area contributed by atoms with Gasteiger partial charge in [-0.3, -0.25) is 9.48 Å². The summed E-state index contributed by atoms with van der Waals surface area (Å²) in [6.45, 7) is 3.54. The van der Waals surface area contributed by atoms with Crippen LogP contribution in [-0.2, 0) is 0 Å². The van der Waals surface area contributed by atoms with Crippen LogP contribution in [0.3, 0.4) is 0 Å². The smallest absolute Gasteiger partial charge is 0.251 e. The summed E-state index contributed by atoms with van der Waals surface area (Å²) in [5.74, 6) is 0.463. The highest BCUT2D eigenvalue weighted by atomic mass is 16.1. The molecule has 1 saturated heterocycles. The van der Waals surface area contributed by atoms with Crippen molar-refractivity contribution < 1.29 is 4.79 Å². The van der Waals surface area contributed by atoms with Crippen molar-refractivity contribution in [3.8, 4) is 0 Å². The first kappa shape index (κ1) is 12.8. The summed E-state index contributed by atoms with van der Waals surface area (Å²) < 4.78 is 3.63. The van der Waals surface area contributed by atoms with E-state index in [1.807, 2.05) is 23.7 Å². The van der Waals surface area contributed by atoms with Gasteiger partial charge in [-0.15, -0.1) is 0 Å². The number of carbonyl (C=O) groups is 1. The zero-order valence-corrected chi connectivity index (χ0v) is 12.0. The van der Waals surface area contributed by atoms with Crippen LogP contribution >= 0.6 is 0 Å². The van der Waals surface area contributed by atoms with Crippen LogP contribution in [0, 0.1) is 6.92 Å². The highest BCUT2D eigenvalue weighted by Crippen LogP contribution is 2.29. The van der Waals surface area contributed by atoms with Gasteiger partial charge in [-0.1, -0.05) is 0 Å². The van der Waals surface area contributed by atoms with Crippen LogP contribution < -0.4 is 10.6 Å². The third-order valence-corrected chi connectivity index (χ3v) is 3.91. The second-order valence-corrected chi connectivity index (χ2v) is 5.50. The Kier molecular flexibility index (Phi) is 2.65. The monoisotopic (exact) mass is 297 g/mol. The second kappa shape index (κ2) is 4.55. The molecule has 4 rings (SSSR count). The molecule has 3 aromatic heterocycles. The number of nitrogens with zero attached hydrogens (tertiary/aromatic N) is 6. The summed E-state index contributed by atoms with van der Waals surface area (Å²) in [5.41, 5.74) is 7.64. The minimum absolute atomic E-state index is 0.221. The van der Waals surface area contributed by atoms with Crippen molar-refractivity contribution in [3.05, 3.63) is 42.1 Å². The van der Waals surface area contributed by atoms with Crippen LogP contribution in [0.5, 0.6) is 0 Å².